The van der Waals surface area contributed by atoms with Crippen molar-refractivity contribution in [2.24, 2.45) is 11.7 Å². The van der Waals surface area contributed by atoms with E-state index < -0.39 is 18.0 Å². The average Bonchev–Trinajstić information content (AvgIpc) is 2.93. The summed E-state index contributed by atoms with van der Waals surface area (Å²) in [6, 6.07) is 5.77. The minimum absolute atomic E-state index is 0. The van der Waals surface area contributed by atoms with Gasteiger partial charge in [0.25, 0.3) is 0 Å². The fraction of sp³-hybridized carbons (Fsp3) is 0.471. The first-order valence-corrected chi connectivity index (χ1v) is 8.57. The SMILES string of the molecule is CC(C)[C@H](N)C(=O)NCC(=O)NC1CCN(c2ccccc2Cl)C1=O.Cl. The van der Waals surface area contributed by atoms with Gasteiger partial charge in [-0.2, -0.15) is 0 Å². The molecule has 1 saturated heterocycles. The molecule has 7 nitrogen and oxygen atoms in total. The Hall–Kier alpha value is -1.83. The normalized spacial score (nSPS) is 17.7. The number of carbonyl (C=O) groups is 3. The number of benzene rings is 1. The lowest BCUT2D eigenvalue weighted by molar-refractivity contribution is -0.128. The van der Waals surface area contributed by atoms with Gasteiger partial charge < -0.3 is 21.3 Å². The van der Waals surface area contributed by atoms with Crippen LogP contribution >= 0.6 is 24.0 Å². The molecule has 9 heteroatoms. The molecule has 4 N–H and O–H groups in total. The van der Waals surface area contributed by atoms with Crippen LogP contribution in [0.1, 0.15) is 20.3 Å². The molecule has 0 aliphatic carbocycles. The van der Waals surface area contributed by atoms with Crippen molar-refractivity contribution >= 4 is 47.4 Å². The minimum Gasteiger partial charge on any atom is -0.346 e. The first-order valence-electron chi connectivity index (χ1n) is 8.19. The Morgan fingerprint density at radius 1 is 1.35 bits per heavy atom. The van der Waals surface area contributed by atoms with E-state index in [1.165, 1.54) is 0 Å². The third-order valence-corrected chi connectivity index (χ3v) is 4.45. The van der Waals surface area contributed by atoms with Crippen LogP contribution in [0.3, 0.4) is 0 Å². The Bertz CT molecular complexity index is 669. The lowest BCUT2D eigenvalue weighted by Gasteiger charge is -2.19. The molecule has 2 rings (SSSR count). The van der Waals surface area contributed by atoms with E-state index in [0.29, 0.717) is 23.7 Å². The Kier molecular flexibility index (Phi) is 8.33. The van der Waals surface area contributed by atoms with Gasteiger partial charge in [-0.15, -0.1) is 12.4 Å². The predicted molar refractivity (Wildman–Crippen MR) is 103 cm³/mol. The number of hydrogen-bond donors (Lipinski definition) is 3. The number of hydrogen-bond acceptors (Lipinski definition) is 4. The highest BCUT2D eigenvalue weighted by atomic mass is 35.5. The second kappa shape index (κ2) is 9.75. The third kappa shape index (κ3) is 5.33. The van der Waals surface area contributed by atoms with E-state index in [1.807, 2.05) is 13.8 Å². The second-order valence-corrected chi connectivity index (χ2v) is 6.74. The van der Waals surface area contributed by atoms with Crippen molar-refractivity contribution in [3.05, 3.63) is 29.3 Å². The van der Waals surface area contributed by atoms with E-state index in [1.54, 1.807) is 29.2 Å². The Balaban J connectivity index is 0.00000338. The van der Waals surface area contributed by atoms with Gasteiger partial charge in [0, 0.05) is 6.54 Å². The lowest BCUT2D eigenvalue weighted by atomic mass is 10.1. The highest BCUT2D eigenvalue weighted by molar-refractivity contribution is 6.34. The molecule has 3 amide bonds. The van der Waals surface area contributed by atoms with Crippen LogP contribution in [-0.4, -0.2) is 42.9 Å². The largest absolute Gasteiger partial charge is 0.346 e. The van der Waals surface area contributed by atoms with Crippen LogP contribution in [0.15, 0.2) is 24.3 Å². The molecule has 1 heterocycles. The zero-order valence-corrected chi connectivity index (χ0v) is 16.3. The van der Waals surface area contributed by atoms with Gasteiger partial charge in [0.15, 0.2) is 0 Å². The van der Waals surface area contributed by atoms with Gasteiger partial charge >= 0.3 is 0 Å². The summed E-state index contributed by atoms with van der Waals surface area (Å²) in [6.07, 6.45) is 0.481. The van der Waals surface area contributed by atoms with Gasteiger partial charge in [-0.25, -0.2) is 0 Å². The van der Waals surface area contributed by atoms with Crippen molar-refractivity contribution in [3.63, 3.8) is 0 Å². The van der Waals surface area contributed by atoms with E-state index in [-0.39, 0.29) is 36.7 Å². The summed E-state index contributed by atoms with van der Waals surface area (Å²) in [5, 5.41) is 5.61. The van der Waals surface area contributed by atoms with E-state index in [0.717, 1.165) is 0 Å². The number of halogens is 2. The van der Waals surface area contributed by atoms with Gasteiger partial charge in [-0.05, 0) is 24.5 Å². The van der Waals surface area contributed by atoms with Gasteiger partial charge in [-0.3, -0.25) is 14.4 Å². The first-order chi connectivity index (χ1) is 11.8. The maximum Gasteiger partial charge on any atom is 0.249 e. The van der Waals surface area contributed by atoms with Crippen molar-refractivity contribution in [1.29, 1.82) is 0 Å². The van der Waals surface area contributed by atoms with Gasteiger partial charge in [0.05, 0.1) is 23.3 Å². The molecule has 1 aromatic carbocycles. The molecule has 0 spiro atoms. The number of nitrogens with one attached hydrogen (secondary N) is 2. The Morgan fingerprint density at radius 2 is 2.00 bits per heavy atom. The summed E-state index contributed by atoms with van der Waals surface area (Å²) in [6.45, 7) is 3.91. The molecule has 1 aliphatic heterocycles. The summed E-state index contributed by atoms with van der Waals surface area (Å²) in [4.78, 5) is 37.8. The smallest absolute Gasteiger partial charge is 0.249 e. The van der Waals surface area contributed by atoms with Crippen LogP contribution < -0.4 is 21.3 Å². The number of nitrogens with zero attached hydrogens (tertiary/aromatic N) is 1. The fourth-order valence-corrected chi connectivity index (χ4v) is 2.79. The zero-order valence-electron chi connectivity index (χ0n) is 14.7. The number of carbonyl (C=O) groups excluding carboxylic acids is 3. The average molecular weight is 403 g/mol. The van der Waals surface area contributed by atoms with Crippen molar-refractivity contribution < 1.29 is 14.4 Å². The number of nitrogens with two attached hydrogens (primary N) is 1. The number of anilines is 1. The molecule has 0 bridgehead atoms. The van der Waals surface area contributed by atoms with Crippen molar-refractivity contribution in [2.45, 2.75) is 32.4 Å². The van der Waals surface area contributed by atoms with Crippen LogP contribution in [0.25, 0.3) is 0 Å². The summed E-state index contributed by atoms with van der Waals surface area (Å²) in [5.41, 5.74) is 6.34. The maximum absolute atomic E-state index is 12.5. The van der Waals surface area contributed by atoms with E-state index in [9.17, 15) is 14.4 Å². The van der Waals surface area contributed by atoms with Gasteiger partial charge in [-0.1, -0.05) is 37.6 Å². The topological polar surface area (TPSA) is 105 Å². The van der Waals surface area contributed by atoms with Gasteiger partial charge in [0.1, 0.15) is 6.04 Å². The number of rotatable bonds is 6. The van der Waals surface area contributed by atoms with Crippen molar-refractivity contribution in [2.75, 3.05) is 18.0 Å². The summed E-state index contributed by atoms with van der Waals surface area (Å²) < 4.78 is 0. The van der Waals surface area contributed by atoms with E-state index in [4.69, 9.17) is 17.3 Å². The summed E-state index contributed by atoms with van der Waals surface area (Å²) in [5.74, 6) is -1.06. The standard InChI is InChI=1S/C17H23ClN4O3.ClH/c1-10(2)15(19)16(24)20-9-14(23)21-12-7-8-22(17(12)25)13-6-4-3-5-11(13)18;/h3-6,10,12,15H,7-9,19H2,1-2H3,(H,20,24)(H,21,23);1H/t12?,15-;/m0./s1. The lowest BCUT2D eigenvalue weighted by Crippen LogP contribution is -2.49. The van der Waals surface area contributed by atoms with Crippen LogP contribution in [0.5, 0.6) is 0 Å². The van der Waals surface area contributed by atoms with Crippen LogP contribution in [-0.2, 0) is 14.4 Å². The van der Waals surface area contributed by atoms with Crippen LogP contribution in [0, 0.1) is 5.92 Å². The predicted octanol–water partition coefficient (Wildman–Crippen LogP) is 1.08. The molecule has 0 aromatic heterocycles. The zero-order chi connectivity index (χ0) is 18.6. The van der Waals surface area contributed by atoms with Crippen LogP contribution in [0.2, 0.25) is 5.02 Å². The van der Waals surface area contributed by atoms with Crippen molar-refractivity contribution in [3.8, 4) is 0 Å². The molecule has 1 unspecified atom stereocenters. The molecule has 144 valence electrons. The molecule has 1 fully saturated rings. The molecule has 0 radical (unpaired) electrons. The highest BCUT2D eigenvalue weighted by Crippen LogP contribution is 2.28. The molecular formula is C17H24Cl2N4O3. The highest BCUT2D eigenvalue weighted by Gasteiger charge is 2.34. The van der Waals surface area contributed by atoms with Crippen LogP contribution in [0.4, 0.5) is 5.69 Å². The second-order valence-electron chi connectivity index (χ2n) is 6.34. The minimum atomic E-state index is -0.670. The molecule has 1 aromatic rings. The Labute approximate surface area is 164 Å². The van der Waals surface area contributed by atoms with E-state index in [2.05, 4.69) is 10.6 Å². The number of amides is 3. The first kappa shape index (κ1) is 22.2. The van der Waals surface area contributed by atoms with E-state index >= 15 is 0 Å². The van der Waals surface area contributed by atoms with Gasteiger partial charge in [0.2, 0.25) is 17.7 Å². The summed E-state index contributed by atoms with van der Waals surface area (Å²) >= 11 is 6.12. The molecule has 2 atom stereocenters. The summed E-state index contributed by atoms with van der Waals surface area (Å²) in [7, 11) is 0. The third-order valence-electron chi connectivity index (χ3n) is 4.13. The quantitative estimate of drug-likeness (QED) is 0.661. The molecule has 0 saturated carbocycles. The van der Waals surface area contributed by atoms with Crippen molar-refractivity contribution in [1.82, 2.24) is 10.6 Å². The number of para-hydroxylation sites is 1. The maximum atomic E-state index is 12.5. The fourth-order valence-electron chi connectivity index (χ4n) is 2.56. The molecular weight excluding hydrogens is 379 g/mol. The monoisotopic (exact) mass is 402 g/mol. The molecule has 1 aliphatic rings. The Morgan fingerprint density at radius 3 is 2.62 bits per heavy atom. The molecule has 26 heavy (non-hydrogen) atoms.